The number of pyridine rings is 1. The van der Waals surface area contributed by atoms with Gasteiger partial charge in [0.15, 0.2) is 0 Å². The summed E-state index contributed by atoms with van der Waals surface area (Å²) in [6.45, 7) is 14.1. The summed E-state index contributed by atoms with van der Waals surface area (Å²) in [6.07, 6.45) is 5.45. The molecule has 3 heterocycles. The molecular formula is C35H44N4O4. The molecule has 0 spiro atoms. The van der Waals surface area contributed by atoms with Gasteiger partial charge in [-0.15, -0.1) is 0 Å². The van der Waals surface area contributed by atoms with Crippen LogP contribution in [0.2, 0.25) is 0 Å². The molecule has 0 radical (unpaired) electrons. The number of nitrogens with zero attached hydrogens (tertiary/aromatic N) is 3. The maximum absolute atomic E-state index is 12.7. The van der Waals surface area contributed by atoms with Crippen LogP contribution in [0.15, 0.2) is 65.7 Å². The van der Waals surface area contributed by atoms with Gasteiger partial charge in [-0.25, -0.2) is 4.79 Å². The number of aryl methyl sites for hydroxylation is 2. The van der Waals surface area contributed by atoms with E-state index in [2.05, 4.69) is 48.0 Å². The highest BCUT2D eigenvalue weighted by Crippen LogP contribution is 2.38. The molecule has 228 valence electrons. The second-order valence-electron chi connectivity index (χ2n) is 12.8. The SMILES string of the molecule is CC(C)c1ccc(Oc2cccc(CCCN3CCN(C(=O)OC(C)(C)C)CC3)c2)c(-c2cn(C)c(=O)c3[nH]ccc23)c1. The first-order valence-electron chi connectivity index (χ1n) is 15.3. The molecule has 1 aliphatic heterocycles. The quantitative estimate of drug-likeness (QED) is 0.243. The summed E-state index contributed by atoms with van der Waals surface area (Å²) in [5.74, 6) is 1.90. The number of carbonyl (C=O) groups excluding carboxylic acids is 1. The van der Waals surface area contributed by atoms with Gasteiger partial charge in [-0.2, -0.15) is 0 Å². The molecule has 0 unspecified atom stereocenters. The van der Waals surface area contributed by atoms with Crippen LogP contribution in [-0.2, 0) is 18.2 Å². The number of benzene rings is 2. The number of fused-ring (bicyclic) bond motifs is 1. The molecule has 2 aromatic heterocycles. The molecule has 5 rings (SSSR count). The molecular weight excluding hydrogens is 540 g/mol. The van der Waals surface area contributed by atoms with Crippen molar-refractivity contribution in [2.45, 2.75) is 59.0 Å². The van der Waals surface area contributed by atoms with E-state index in [9.17, 15) is 9.59 Å². The Labute approximate surface area is 254 Å². The first kappa shape index (κ1) is 30.4. The van der Waals surface area contributed by atoms with Gasteiger partial charge in [-0.3, -0.25) is 9.69 Å². The van der Waals surface area contributed by atoms with Gasteiger partial charge in [0.25, 0.3) is 5.56 Å². The zero-order valence-corrected chi connectivity index (χ0v) is 26.3. The summed E-state index contributed by atoms with van der Waals surface area (Å²) >= 11 is 0. The van der Waals surface area contributed by atoms with Crippen LogP contribution in [0.3, 0.4) is 0 Å². The Hall–Kier alpha value is -4.04. The van der Waals surface area contributed by atoms with Crippen LogP contribution in [0.4, 0.5) is 4.79 Å². The van der Waals surface area contributed by atoms with Crippen LogP contribution in [0.25, 0.3) is 22.0 Å². The van der Waals surface area contributed by atoms with Crippen molar-refractivity contribution in [3.05, 3.63) is 82.4 Å². The lowest BCUT2D eigenvalue weighted by Gasteiger charge is -2.35. The van der Waals surface area contributed by atoms with Crippen LogP contribution in [-0.4, -0.2) is 63.8 Å². The van der Waals surface area contributed by atoms with Crippen molar-refractivity contribution < 1.29 is 14.3 Å². The van der Waals surface area contributed by atoms with E-state index in [0.717, 1.165) is 60.5 Å². The van der Waals surface area contributed by atoms with E-state index >= 15 is 0 Å². The third-order valence-corrected chi connectivity index (χ3v) is 7.94. The number of amides is 1. The number of ether oxygens (including phenoxy) is 2. The van der Waals surface area contributed by atoms with Gasteiger partial charge in [0.05, 0.1) is 0 Å². The molecule has 8 nitrogen and oxygen atoms in total. The Kier molecular flexibility index (Phi) is 8.97. The third-order valence-electron chi connectivity index (χ3n) is 7.94. The van der Waals surface area contributed by atoms with Gasteiger partial charge in [-0.1, -0.05) is 32.0 Å². The lowest BCUT2D eigenvalue weighted by atomic mass is 9.95. The highest BCUT2D eigenvalue weighted by Gasteiger charge is 2.25. The second-order valence-corrected chi connectivity index (χ2v) is 12.8. The van der Waals surface area contributed by atoms with Crippen molar-refractivity contribution in [1.82, 2.24) is 19.4 Å². The van der Waals surface area contributed by atoms with Crippen molar-refractivity contribution in [2.75, 3.05) is 32.7 Å². The molecule has 43 heavy (non-hydrogen) atoms. The molecule has 8 heteroatoms. The molecule has 1 aliphatic rings. The molecule has 1 amide bonds. The Balaban J connectivity index is 1.26. The fraction of sp³-hybridized carbons (Fsp3) is 0.429. The van der Waals surface area contributed by atoms with Crippen LogP contribution in [0.1, 0.15) is 58.1 Å². The van der Waals surface area contributed by atoms with Crippen LogP contribution in [0, 0.1) is 0 Å². The van der Waals surface area contributed by atoms with Crippen molar-refractivity contribution in [3.8, 4) is 22.6 Å². The third kappa shape index (κ3) is 7.31. The number of carbonyl (C=O) groups is 1. The minimum atomic E-state index is -0.470. The lowest BCUT2D eigenvalue weighted by Crippen LogP contribution is -2.50. The number of rotatable bonds is 8. The Morgan fingerprint density at radius 1 is 1.00 bits per heavy atom. The van der Waals surface area contributed by atoms with E-state index in [-0.39, 0.29) is 11.7 Å². The summed E-state index contributed by atoms with van der Waals surface area (Å²) in [5, 5.41) is 0.884. The molecule has 0 saturated carbocycles. The van der Waals surface area contributed by atoms with Crippen LogP contribution in [0.5, 0.6) is 11.5 Å². The van der Waals surface area contributed by atoms with Crippen molar-refractivity contribution in [1.29, 1.82) is 0 Å². The average molecular weight is 585 g/mol. The van der Waals surface area contributed by atoms with E-state index in [4.69, 9.17) is 9.47 Å². The topological polar surface area (TPSA) is 79.8 Å². The predicted octanol–water partition coefficient (Wildman–Crippen LogP) is 6.93. The monoisotopic (exact) mass is 584 g/mol. The molecule has 2 aromatic carbocycles. The molecule has 0 bridgehead atoms. The minimum absolute atomic E-state index is 0.0520. The summed E-state index contributed by atoms with van der Waals surface area (Å²) in [5.41, 5.74) is 4.42. The summed E-state index contributed by atoms with van der Waals surface area (Å²) in [7, 11) is 1.78. The average Bonchev–Trinajstić information content (AvgIpc) is 3.45. The van der Waals surface area contributed by atoms with Gasteiger partial charge < -0.3 is 23.9 Å². The lowest BCUT2D eigenvalue weighted by molar-refractivity contribution is 0.0144. The van der Waals surface area contributed by atoms with E-state index in [1.807, 2.05) is 57.4 Å². The number of nitrogens with one attached hydrogen (secondary N) is 1. The van der Waals surface area contributed by atoms with Gasteiger partial charge >= 0.3 is 6.09 Å². The first-order valence-corrected chi connectivity index (χ1v) is 15.3. The number of aromatic nitrogens is 2. The number of hydrogen-bond donors (Lipinski definition) is 1. The first-order chi connectivity index (χ1) is 20.5. The largest absolute Gasteiger partial charge is 0.457 e. The number of H-pyrrole nitrogens is 1. The highest BCUT2D eigenvalue weighted by atomic mass is 16.6. The predicted molar refractivity (Wildman–Crippen MR) is 172 cm³/mol. The molecule has 1 fully saturated rings. The smallest absolute Gasteiger partial charge is 0.410 e. The Morgan fingerprint density at radius 3 is 2.49 bits per heavy atom. The van der Waals surface area contributed by atoms with Gasteiger partial charge in [0.1, 0.15) is 22.6 Å². The number of aromatic amines is 1. The Bertz CT molecular complexity index is 1640. The van der Waals surface area contributed by atoms with Crippen LogP contribution < -0.4 is 10.3 Å². The molecule has 4 aromatic rings. The van der Waals surface area contributed by atoms with Crippen molar-refractivity contribution in [3.63, 3.8) is 0 Å². The number of hydrogen-bond acceptors (Lipinski definition) is 5. The van der Waals surface area contributed by atoms with E-state index in [1.165, 1.54) is 11.1 Å². The summed E-state index contributed by atoms with van der Waals surface area (Å²) in [4.78, 5) is 32.4. The van der Waals surface area contributed by atoms with E-state index in [0.29, 0.717) is 24.5 Å². The molecule has 0 atom stereocenters. The Morgan fingerprint density at radius 2 is 1.77 bits per heavy atom. The second kappa shape index (κ2) is 12.7. The normalized spacial score (nSPS) is 14.4. The van der Waals surface area contributed by atoms with Gasteiger partial charge in [0, 0.05) is 62.1 Å². The minimum Gasteiger partial charge on any atom is -0.457 e. The van der Waals surface area contributed by atoms with E-state index in [1.54, 1.807) is 16.5 Å². The summed E-state index contributed by atoms with van der Waals surface area (Å²) in [6, 6.07) is 16.6. The zero-order chi connectivity index (χ0) is 30.7. The zero-order valence-electron chi connectivity index (χ0n) is 26.3. The fourth-order valence-corrected chi connectivity index (χ4v) is 5.57. The number of piperazine rings is 1. The summed E-state index contributed by atoms with van der Waals surface area (Å²) < 4.78 is 13.7. The molecule has 0 aliphatic carbocycles. The van der Waals surface area contributed by atoms with Gasteiger partial charge in [-0.05, 0) is 87.5 Å². The van der Waals surface area contributed by atoms with Gasteiger partial charge in [0.2, 0.25) is 0 Å². The highest BCUT2D eigenvalue weighted by molar-refractivity contribution is 5.96. The molecule has 1 saturated heterocycles. The maximum Gasteiger partial charge on any atom is 0.410 e. The fourth-order valence-electron chi connectivity index (χ4n) is 5.57. The van der Waals surface area contributed by atoms with Crippen LogP contribution >= 0.6 is 0 Å². The van der Waals surface area contributed by atoms with E-state index < -0.39 is 5.60 Å². The standard InChI is InChI=1S/C35H44N4O4/c1-24(2)26-12-13-31(29(22-26)30-23-37(6)33(40)32-28(30)14-15-36-32)42-27-11-7-9-25(21-27)10-8-16-38-17-19-39(20-18-38)34(41)43-35(3,4)5/h7,9,11-15,21-24,36H,8,10,16-20H2,1-6H3. The van der Waals surface area contributed by atoms with Crippen molar-refractivity contribution in [2.24, 2.45) is 7.05 Å². The molecule has 1 N–H and O–H groups in total. The van der Waals surface area contributed by atoms with Crippen molar-refractivity contribution >= 4 is 17.0 Å². The maximum atomic E-state index is 12.7.